The molecule has 1 fully saturated rings. The monoisotopic (exact) mass is 601 g/mol. The van der Waals surface area contributed by atoms with Crippen LogP contribution in [0.4, 0.5) is 45.5 Å². The molecule has 0 atom stereocenters. The number of nitrogens with zero attached hydrogens (tertiary/aromatic N) is 2. The van der Waals surface area contributed by atoms with Gasteiger partial charge in [0, 0.05) is 37.6 Å². The fourth-order valence-electron chi connectivity index (χ4n) is 4.65. The van der Waals surface area contributed by atoms with Gasteiger partial charge in [-0.1, -0.05) is 6.07 Å². The van der Waals surface area contributed by atoms with Gasteiger partial charge in [-0.05, 0) is 73.5 Å². The van der Waals surface area contributed by atoms with Crippen LogP contribution in [0.3, 0.4) is 0 Å². The lowest BCUT2D eigenvalue weighted by Gasteiger charge is -2.24. The molecule has 1 heterocycles. The summed E-state index contributed by atoms with van der Waals surface area (Å²) >= 11 is 0. The molecule has 1 saturated heterocycles. The van der Waals surface area contributed by atoms with Gasteiger partial charge in [0.2, 0.25) is 0 Å². The first-order valence-electron chi connectivity index (χ1n) is 13.7. The predicted octanol–water partition coefficient (Wildman–Crippen LogP) is 5.78. The average Bonchev–Trinajstić information content (AvgIpc) is 3.23. The third kappa shape index (κ3) is 8.44. The Bertz CT molecular complexity index is 1420. The van der Waals surface area contributed by atoms with Gasteiger partial charge in [-0.15, -0.1) is 0 Å². The first kappa shape index (κ1) is 31.3. The molecule has 43 heavy (non-hydrogen) atoms. The fraction of sp³-hybridized carbons (Fsp3) is 0.333. The predicted molar refractivity (Wildman–Crippen MR) is 158 cm³/mol. The number of halogens is 3. The molecule has 10 nitrogen and oxygen atoms in total. The summed E-state index contributed by atoms with van der Waals surface area (Å²) < 4.78 is 51.4. The molecule has 3 aromatic carbocycles. The summed E-state index contributed by atoms with van der Waals surface area (Å²) in [6.45, 7) is 3.19. The molecule has 1 aliphatic heterocycles. The van der Waals surface area contributed by atoms with Gasteiger partial charge < -0.3 is 40.3 Å². The Morgan fingerprint density at radius 3 is 2.37 bits per heavy atom. The standard InChI is InChI=1S/C30H34F3N5O5/c1-20-4-11-27(42-2)26(18-20)35-28(40)34-21-5-7-22(8-6-21)37-12-3-13-38(15-14-37)29(41)36-25-10-9-23(43-17-16-39)19-24(25)30(31,32)33/h4-11,18-19,39H,3,12-17H2,1-2H3,(H,36,41)(H2,34,35,40). The quantitative estimate of drug-likeness (QED) is 0.260. The van der Waals surface area contributed by atoms with Crippen LogP contribution in [0, 0.1) is 6.92 Å². The second-order valence-electron chi connectivity index (χ2n) is 9.86. The van der Waals surface area contributed by atoms with Crippen molar-refractivity contribution in [3.8, 4) is 11.5 Å². The third-order valence-corrected chi connectivity index (χ3v) is 6.77. The number of rotatable bonds is 8. The zero-order chi connectivity index (χ0) is 31.0. The van der Waals surface area contributed by atoms with Crippen LogP contribution >= 0.6 is 0 Å². The van der Waals surface area contributed by atoms with Crippen molar-refractivity contribution in [2.45, 2.75) is 19.5 Å². The van der Waals surface area contributed by atoms with E-state index in [0.29, 0.717) is 49.7 Å². The number of ether oxygens (including phenoxy) is 2. The van der Waals surface area contributed by atoms with Gasteiger partial charge in [0.15, 0.2) is 0 Å². The van der Waals surface area contributed by atoms with Gasteiger partial charge in [0.1, 0.15) is 18.1 Å². The molecule has 4 N–H and O–H groups in total. The summed E-state index contributed by atoms with van der Waals surface area (Å²) in [7, 11) is 1.53. The Morgan fingerprint density at radius 2 is 1.67 bits per heavy atom. The van der Waals surface area contributed by atoms with Crippen LogP contribution < -0.4 is 30.3 Å². The molecule has 3 aromatic rings. The number of carbonyl (C=O) groups is 2. The summed E-state index contributed by atoms with van der Waals surface area (Å²) in [5.74, 6) is 0.487. The van der Waals surface area contributed by atoms with Crippen LogP contribution in [0.15, 0.2) is 60.7 Å². The molecule has 0 saturated carbocycles. The minimum absolute atomic E-state index is 0.0573. The van der Waals surface area contributed by atoms with Crippen LogP contribution in [0.5, 0.6) is 11.5 Å². The van der Waals surface area contributed by atoms with Gasteiger partial charge in [-0.25, -0.2) is 9.59 Å². The van der Waals surface area contributed by atoms with E-state index in [1.807, 2.05) is 31.2 Å². The molecule has 0 radical (unpaired) electrons. The molecular weight excluding hydrogens is 567 g/mol. The Morgan fingerprint density at radius 1 is 0.907 bits per heavy atom. The van der Waals surface area contributed by atoms with E-state index in [0.717, 1.165) is 23.4 Å². The summed E-state index contributed by atoms with van der Waals surface area (Å²) in [6, 6.07) is 14.9. The van der Waals surface area contributed by atoms with Gasteiger partial charge in [0.25, 0.3) is 0 Å². The number of amides is 4. The number of aryl methyl sites for hydroxylation is 1. The van der Waals surface area contributed by atoms with Crippen LogP contribution in [-0.4, -0.2) is 68.6 Å². The van der Waals surface area contributed by atoms with E-state index in [9.17, 15) is 22.8 Å². The molecular formula is C30H34F3N5O5. The minimum atomic E-state index is -4.72. The molecule has 13 heteroatoms. The summed E-state index contributed by atoms with van der Waals surface area (Å²) in [4.78, 5) is 29.1. The number of anilines is 4. The van der Waals surface area contributed by atoms with Gasteiger partial charge in [-0.3, -0.25) is 0 Å². The Labute approximate surface area is 247 Å². The van der Waals surface area contributed by atoms with Crippen molar-refractivity contribution in [3.05, 3.63) is 71.8 Å². The van der Waals surface area contributed by atoms with E-state index in [1.165, 1.54) is 18.1 Å². The number of nitrogens with one attached hydrogen (secondary N) is 3. The van der Waals surface area contributed by atoms with Gasteiger partial charge in [0.05, 0.1) is 30.7 Å². The molecule has 0 aliphatic carbocycles. The van der Waals surface area contributed by atoms with Crippen molar-refractivity contribution in [3.63, 3.8) is 0 Å². The maximum Gasteiger partial charge on any atom is 0.418 e. The van der Waals surface area contributed by atoms with Crippen molar-refractivity contribution in [1.29, 1.82) is 0 Å². The maximum atomic E-state index is 13.7. The second-order valence-corrected chi connectivity index (χ2v) is 9.86. The zero-order valence-corrected chi connectivity index (χ0v) is 23.8. The number of urea groups is 2. The molecule has 0 spiro atoms. The lowest BCUT2D eigenvalue weighted by molar-refractivity contribution is -0.137. The van der Waals surface area contributed by atoms with Crippen LogP contribution in [0.2, 0.25) is 0 Å². The lowest BCUT2D eigenvalue weighted by Crippen LogP contribution is -2.38. The normalized spacial score (nSPS) is 13.6. The zero-order valence-electron chi connectivity index (χ0n) is 23.8. The van der Waals surface area contributed by atoms with Gasteiger partial charge in [-0.2, -0.15) is 13.2 Å². The van der Waals surface area contributed by atoms with Crippen molar-refractivity contribution in [1.82, 2.24) is 4.90 Å². The molecule has 0 aromatic heterocycles. The molecule has 0 unspecified atom stereocenters. The van der Waals surface area contributed by atoms with E-state index in [4.69, 9.17) is 14.6 Å². The SMILES string of the molecule is COc1ccc(C)cc1NC(=O)Nc1ccc(N2CCCN(C(=O)Nc3ccc(OCCO)cc3C(F)(F)F)CC2)cc1. The Hall–Kier alpha value is -4.65. The number of hydrogen-bond donors (Lipinski definition) is 4. The lowest BCUT2D eigenvalue weighted by atomic mass is 10.1. The smallest absolute Gasteiger partial charge is 0.418 e. The molecule has 1 aliphatic rings. The number of benzene rings is 3. The van der Waals surface area contributed by atoms with E-state index < -0.39 is 23.8 Å². The molecule has 230 valence electrons. The van der Waals surface area contributed by atoms with Crippen molar-refractivity contribution in [2.24, 2.45) is 0 Å². The van der Waals surface area contributed by atoms with Crippen molar-refractivity contribution < 1.29 is 37.3 Å². The van der Waals surface area contributed by atoms with E-state index >= 15 is 0 Å². The van der Waals surface area contributed by atoms with E-state index in [1.54, 1.807) is 18.2 Å². The van der Waals surface area contributed by atoms with Gasteiger partial charge >= 0.3 is 18.2 Å². The first-order valence-corrected chi connectivity index (χ1v) is 13.7. The number of methoxy groups -OCH3 is 1. The number of carbonyl (C=O) groups excluding carboxylic acids is 2. The number of hydrogen-bond acceptors (Lipinski definition) is 6. The van der Waals surface area contributed by atoms with Crippen LogP contribution in [0.1, 0.15) is 17.5 Å². The van der Waals surface area contributed by atoms with E-state index in [-0.39, 0.29) is 24.7 Å². The highest BCUT2D eigenvalue weighted by molar-refractivity contribution is 6.00. The maximum absolute atomic E-state index is 13.7. The van der Waals surface area contributed by atoms with Crippen LogP contribution in [-0.2, 0) is 6.18 Å². The largest absolute Gasteiger partial charge is 0.495 e. The number of alkyl halides is 3. The minimum Gasteiger partial charge on any atom is -0.495 e. The topological polar surface area (TPSA) is 115 Å². The molecule has 4 rings (SSSR count). The second kappa shape index (κ2) is 14.0. The Kier molecular flexibility index (Phi) is 10.2. The van der Waals surface area contributed by atoms with E-state index in [2.05, 4.69) is 20.9 Å². The summed E-state index contributed by atoms with van der Waals surface area (Å²) in [5, 5.41) is 16.8. The summed E-state index contributed by atoms with van der Waals surface area (Å²) in [5.41, 5.74) is 1.58. The van der Waals surface area contributed by atoms with Crippen LogP contribution in [0.25, 0.3) is 0 Å². The highest BCUT2D eigenvalue weighted by atomic mass is 19.4. The highest BCUT2D eigenvalue weighted by Crippen LogP contribution is 2.37. The molecule has 0 bridgehead atoms. The highest BCUT2D eigenvalue weighted by Gasteiger charge is 2.35. The van der Waals surface area contributed by atoms with Crippen molar-refractivity contribution in [2.75, 3.05) is 67.4 Å². The number of aliphatic hydroxyl groups excluding tert-OH is 1. The Balaban J connectivity index is 1.34. The summed E-state index contributed by atoms with van der Waals surface area (Å²) in [6.07, 6.45) is -4.11. The number of aliphatic hydroxyl groups is 1. The average molecular weight is 602 g/mol. The third-order valence-electron chi connectivity index (χ3n) is 6.77. The fourth-order valence-corrected chi connectivity index (χ4v) is 4.65. The molecule has 4 amide bonds. The first-order chi connectivity index (χ1) is 20.6. The van der Waals surface area contributed by atoms with Crippen molar-refractivity contribution >= 4 is 34.8 Å².